The van der Waals surface area contributed by atoms with E-state index in [4.69, 9.17) is 0 Å². The Morgan fingerprint density at radius 3 is 1.49 bits per heavy atom. The Balaban J connectivity index is 1.10. The predicted molar refractivity (Wildman–Crippen MR) is 225 cm³/mol. The second-order valence-corrected chi connectivity index (χ2v) is 14.8. The van der Waals surface area contributed by atoms with E-state index in [2.05, 4.69) is 122 Å². The fourth-order valence-corrected chi connectivity index (χ4v) is 8.08. The first-order valence-electron chi connectivity index (χ1n) is 18.5. The van der Waals surface area contributed by atoms with Crippen molar-refractivity contribution in [3.8, 4) is 51.0 Å². The van der Waals surface area contributed by atoms with Crippen LogP contribution in [0.3, 0.4) is 0 Å². The van der Waals surface area contributed by atoms with Crippen molar-refractivity contribution in [1.82, 2.24) is 0 Å². The summed E-state index contributed by atoms with van der Waals surface area (Å²) < 4.78 is 14.0. The van der Waals surface area contributed by atoms with Gasteiger partial charge in [-0.3, -0.25) is 0 Å². The number of rotatable bonds is 7. The lowest BCUT2D eigenvalue weighted by atomic mass is 9.82. The molecule has 0 unspecified atom stereocenters. The van der Waals surface area contributed by atoms with Gasteiger partial charge in [0.05, 0.1) is 0 Å². The van der Waals surface area contributed by atoms with Gasteiger partial charge in [-0.1, -0.05) is 98.8 Å². The van der Waals surface area contributed by atoms with Crippen molar-refractivity contribution >= 4 is 44.9 Å². The molecule has 1 aliphatic carbocycles. The number of anilines is 6. The Kier molecular flexibility index (Phi) is 8.28. The van der Waals surface area contributed by atoms with E-state index in [9.17, 15) is 29.9 Å². The summed E-state index contributed by atoms with van der Waals surface area (Å²) in [6.07, 6.45) is 0. The van der Waals surface area contributed by atoms with E-state index in [0.717, 1.165) is 39.0 Å². The third-order valence-corrected chi connectivity index (χ3v) is 11.1. The maximum Gasteiger partial charge on any atom is 0.208 e. The molecule has 1 aliphatic rings. The van der Waals surface area contributed by atoms with Gasteiger partial charge in [0.25, 0.3) is 0 Å². The summed E-state index contributed by atoms with van der Waals surface area (Å²) in [4.78, 5) is 3.62. The molecule has 8 aromatic carbocycles. The van der Waals surface area contributed by atoms with Gasteiger partial charge in [0.15, 0.2) is 11.5 Å². The number of halogens is 1. The number of fused-ring (bicyclic) bond motifs is 4. The van der Waals surface area contributed by atoms with Gasteiger partial charge < -0.3 is 35.3 Å². The van der Waals surface area contributed by atoms with Gasteiger partial charge in [0.1, 0.15) is 11.5 Å². The van der Waals surface area contributed by atoms with Gasteiger partial charge in [-0.15, -0.1) is 0 Å². The van der Waals surface area contributed by atoms with Crippen LogP contribution in [0.2, 0.25) is 0 Å². The quantitative estimate of drug-likeness (QED) is 0.0815. The average Bonchev–Trinajstić information content (AvgIpc) is 3.47. The number of hydrogen-bond acceptors (Lipinski definition) is 7. The lowest BCUT2D eigenvalue weighted by Crippen LogP contribution is -2.16. The van der Waals surface area contributed by atoms with Crippen LogP contribution in [0, 0.1) is 5.82 Å². The highest BCUT2D eigenvalue weighted by Gasteiger charge is 2.36. The predicted octanol–water partition coefficient (Wildman–Crippen LogP) is 12.4. The smallest absolute Gasteiger partial charge is 0.208 e. The molecule has 0 fully saturated rings. The van der Waals surface area contributed by atoms with Crippen molar-refractivity contribution in [2.24, 2.45) is 0 Å². The first kappa shape index (κ1) is 35.3. The van der Waals surface area contributed by atoms with Gasteiger partial charge in [-0.2, -0.15) is 0 Å². The van der Waals surface area contributed by atoms with Crippen LogP contribution in [0.15, 0.2) is 158 Å². The van der Waals surface area contributed by atoms with Crippen molar-refractivity contribution in [2.75, 3.05) is 9.80 Å². The van der Waals surface area contributed by atoms with Crippen LogP contribution in [0.5, 0.6) is 28.7 Å². The van der Waals surface area contributed by atoms with Crippen molar-refractivity contribution in [1.29, 1.82) is 0 Å². The van der Waals surface area contributed by atoms with Gasteiger partial charge >= 0.3 is 0 Å². The van der Waals surface area contributed by atoms with E-state index in [-0.39, 0.29) is 5.41 Å². The largest absolute Gasteiger partial charge is 0.503 e. The Bertz CT molecular complexity index is 2810. The second-order valence-electron chi connectivity index (χ2n) is 14.8. The Morgan fingerprint density at radius 1 is 0.404 bits per heavy atom. The molecular weight excluding hydrogens is 716 g/mol. The lowest BCUT2D eigenvalue weighted by molar-refractivity contribution is 0.329. The molecule has 280 valence electrons. The second kappa shape index (κ2) is 13.4. The molecule has 0 spiro atoms. The minimum atomic E-state index is -1.07. The Hall–Kier alpha value is -7.45. The molecule has 0 saturated carbocycles. The van der Waals surface area contributed by atoms with E-state index in [0.29, 0.717) is 11.4 Å². The zero-order chi connectivity index (χ0) is 39.6. The SMILES string of the molecule is CC1(C)c2ccccc2-c2ccc(N(c3ccc(-c4ccc(N(c5ccc(F)cc5)c5c(O)c(O)c(O)c(O)c5O)cc4)cc3)c3ccc4ccccc4c3)cc21. The molecule has 0 bridgehead atoms. The molecule has 0 atom stereocenters. The Labute approximate surface area is 328 Å². The number of hydrogen-bond donors (Lipinski definition) is 5. The summed E-state index contributed by atoms with van der Waals surface area (Å²) >= 11 is 0. The number of phenolic OH excluding ortho intramolecular Hbond substituents is 5. The molecule has 5 N–H and O–H groups in total. The van der Waals surface area contributed by atoms with Gasteiger partial charge in [0.2, 0.25) is 17.2 Å². The van der Waals surface area contributed by atoms with Crippen LogP contribution in [0.25, 0.3) is 33.0 Å². The first-order valence-corrected chi connectivity index (χ1v) is 18.5. The normalized spacial score (nSPS) is 12.6. The third kappa shape index (κ3) is 5.81. The summed E-state index contributed by atoms with van der Waals surface area (Å²) in [5, 5.41) is 54.8. The molecule has 0 amide bonds. The number of aromatic hydroxyl groups is 5. The summed E-state index contributed by atoms with van der Waals surface area (Å²) in [6, 6.07) is 50.9. The highest BCUT2D eigenvalue weighted by Crippen LogP contribution is 2.58. The zero-order valence-electron chi connectivity index (χ0n) is 31.0. The minimum absolute atomic E-state index is 0.167. The van der Waals surface area contributed by atoms with E-state index in [1.807, 2.05) is 18.2 Å². The minimum Gasteiger partial charge on any atom is -0.503 e. The summed E-state index contributed by atoms with van der Waals surface area (Å²) in [7, 11) is 0. The Morgan fingerprint density at radius 2 is 0.860 bits per heavy atom. The summed E-state index contributed by atoms with van der Waals surface area (Å²) in [5.74, 6) is -5.37. The number of phenols is 5. The molecule has 0 aliphatic heterocycles. The molecule has 0 heterocycles. The lowest BCUT2D eigenvalue weighted by Gasteiger charge is -2.28. The number of nitrogens with zero attached hydrogens (tertiary/aromatic N) is 2. The van der Waals surface area contributed by atoms with Crippen LogP contribution in [0.1, 0.15) is 25.0 Å². The van der Waals surface area contributed by atoms with Crippen molar-refractivity contribution in [3.63, 3.8) is 0 Å². The molecule has 0 saturated heterocycles. The van der Waals surface area contributed by atoms with E-state index in [1.165, 1.54) is 51.4 Å². The highest BCUT2D eigenvalue weighted by atomic mass is 19.1. The monoisotopic (exact) mass is 752 g/mol. The fraction of sp³-hybridized carbons (Fsp3) is 0.0612. The third-order valence-electron chi connectivity index (χ3n) is 11.1. The zero-order valence-corrected chi connectivity index (χ0v) is 31.0. The molecule has 7 nitrogen and oxygen atoms in total. The first-order chi connectivity index (χ1) is 27.5. The molecule has 57 heavy (non-hydrogen) atoms. The van der Waals surface area contributed by atoms with Crippen LogP contribution >= 0.6 is 0 Å². The van der Waals surface area contributed by atoms with Crippen molar-refractivity contribution in [2.45, 2.75) is 19.3 Å². The average molecular weight is 753 g/mol. The van der Waals surface area contributed by atoms with Crippen molar-refractivity contribution in [3.05, 3.63) is 175 Å². The van der Waals surface area contributed by atoms with Crippen molar-refractivity contribution < 1.29 is 29.9 Å². The number of benzene rings is 8. The van der Waals surface area contributed by atoms with E-state index in [1.54, 1.807) is 12.1 Å². The summed E-state index contributed by atoms with van der Waals surface area (Å²) in [5.41, 5.74) is 10.1. The molecule has 8 heteroatoms. The molecule has 0 radical (unpaired) electrons. The maximum absolute atomic E-state index is 14.0. The van der Waals surface area contributed by atoms with Crippen LogP contribution in [-0.4, -0.2) is 25.5 Å². The van der Waals surface area contributed by atoms with Crippen LogP contribution in [-0.2, 0) is 5.41 Å². The highest BCUT2D eigenvalue weighted by molar-refractivity contribution is 5.92. The molecule has 8 aromatic rings. The van der Waals surface area contributed by atoms with Crippen LogP contribution < -0.4 is 9.80 Å². The van der Waals surface area contributed by atoms with Gasteiger partial charge in [0, 0.05) is 33.9 Å². The maximum atomic E-state index is 14.0. The molecule has 0 aromatic heterocycles. The summed E-state index contributed by atoms with van der Waals surface area (Å²) in [6.45, 7) is 4.56. The van der Waals surface area contributed by atoms with Crippen LogP contribution in [0.4, 0.5) is 38.5 Å². The van der Waals surface area contributed by atoms with Gasteiger partial charge in [-0.25, -0.2) is 4.39 Å². The van der Waals surface area contributed by atoms with Gasteiger partial charge in [-0.05, 0) is 117 Å². The van der Waals surface area contributed by atoms with E-state index < -0.39 is 40.3 Å². The topological polar surface area (TPSA) is 108 Å². The molecule has 9 rings (SSSR count). The van der Waals surface area contributed by atoms with E-state index >= 15 is 0 Å². The standard InChI is InChI=1S/C49H37FN2O5/c1-49(2)41-10-6-5-9-39(41)40-26-25-38(28-42(40)49)51(37-22-15-29-7-3-4-8-32(29)27-37)34-18-11-30(12-19-34)31-13-20-35(21-14-31)52(36-23-16-33(50)17-24-36)43-44(53)46(55)48(57)47(56)45(43)54/h3-28,53-57H,1-2H3. The fourth-order valence-electron chi connectivity index (χ4n) is 8.08. The molecular formula is C49H37FN2O5.